The zero-order chi connectivity index (χ0) is 14.8. The predicted octanol–water partition coefficient (Wildman–Crippen LogP) is 3.66. The van der Waals surface area contributed by atoms with Crippen molar-refractivity contribution in [1.29, 1.82) is 0 Å². The van der Waals surface area contributed by atoms with Crippen molar-refractivity contribution >= 4 is 0 Å². The minimum absolute atomic E-state index is 0.0341. The molecule has 0 aliphatic carbocycles. The van der Waals surface area contributed by atoms with Crippen LogP contribution in [0.4, 0.5) is 13.2 Å². The average Bonchev–Trinajstić information content (AvgIpc) is 2.40. The van der Waals surface area contributed by atoms with Crippen LogP contribution in [-0.2, 0) is 12.7 Å². The van der Waals surface area contributed by atoms with Gasteiger partial charge in [-0.25, -0.2) is 0 Å². The second-order valence-electron chi connectivity index (χ2n) is 4.26. The van der Waals surface area contributed by atoms with Crippen molar-refractivity contribution < 1.29 is 17.9 Å². The number of halogens is 3. The van der Waals surface area contributed by atoms with Gasteiger partial charge in [0.15, 0.2) is 0 Å². The molecular weight excluding hydrogens is 269 g/mol. The van der Waals surface area contributed by atoms with Gasteiger partial charge in [-0.3, -0.25) is 4.98 Å². The summed E-state index contributed by atoms with van der Waals surface area (Å²) in [6.45, 7) is 1.63. The normalized spacial score (nSPS) is 11.4. The van der Waals surface area contributed by atoms with Gasteiger partial charge in [-0.1, -0.05) is 6.07 Å². The first-order valence-electron chi connectivity index (χ1n) is 5.91. The first kappa shape index (κ1) is 14.3. The predicted molar refractivity (Wildman–Crippen MR) is 68.4 cm³/mol. The standard InChI is InChI=1S/C14H13F3N2O/c1-9-2-4-12(8-19-9)20-11-5-3-10(7-18)13(6-11)14(15,16)17/h2-6,8H,7,18H2,1H3. The number of alkyl halides is 3. The molecule has 1 aromatic heterocycles. The molecule has 0 bridgehead atoms. The first-order valence-corrected chi connectivity index (χ1v) is 5.91. The lowest BCUT2D eigenvalue weighted by atomic mass is 10.1. The van der Waals surface area contributed by atoms with E-state index in [1.165, 1.54) is 18.3 Å². The molecule has 0 radical (unpaired) electrons. The van der Waals surface area contributed by atoms with E-state index in [4.69, 9.17) is 10.5 Å². The molecule has 20 heavy (non-hydrogen) atoms. The number of nitrogens with two attached hydrogens (primary N) is 1. The molecule has 106 valence electrons. The maximum Gasteiger partial charge on any atom is 0.416 e. The Morgan fingerprint density at radius 1 is 1.15 bits per heavy atom. The molecule has 2 N–H and O–H groups in total. The summed E-state index contributed by atoms with van der Waals surface area (Å²) >= 11 is 0. The molecule has 0 saturated heterocycles. The van der Waals surface area contributed by atoms with Gasteiger partial charge in [-0.15, -0.1) is 0 Å². The number of ether oxygens (including phenoxy) is 1. The minimum atomic E-state index is -4.46. The third-order valence-electron chi connectivity index (χ3n) is 2.73. The Labute approximate surface area is 114 Å². The molecular formula is C14H13F3N2O. The van der Waals surface area contributed by atoms with Gasteiger partial charge in [0.2, 0.25) is 0 Å². The number of pyridine rings is 1. The Hall–Kier alpha value is -2.08. The fourth-order valence-electron chi connectivity index (χ4n) is 1.71. The van der Waals surface area contributed by atoms with Crippen LogP contribution in [0.3, 0.4) is 0 Å². The molecule has 0 spiro atoms. The molecule has 0 aliphatic rings. The summed E-state index contributed by atoms with van der Waals surface area (Å²) in [6, 6.07) is 7.08. The van der Waals surface area contributed by atoms with E-state index in [0.717, 1.165) is 11.8 Å². The number of aromatic nitrogens is 1. The molecule has 1 aromatic carbocycles. The molecule has 1 heterocycles. The highest BCUT2D eigenvalue weighted by molar-refractivity contribution is 5.39. The Balaban J connectivity index is 2.31. The molecule has 0 fully saturated rings. The van der Waals surface area contributed by atoms with Crippen LogP contribution in [0.15, 0.2) is 36.5 Å². The molecule has 2 aromatic rings. The van der Waals surface area contributed by atoms with Gasteiger partial charge in [0.05, 0.1) is 11.8 Å². The van der Waals surface area contributed by atoms with E-state index in [0.29, 0.717) is 5.75 Å². The second-order valence-corrected chi connectivity index (χ2v) is 4.26. The van der Waals surface area contributed by atoms with Crippen LogP contribution in [0, 0.1) is 6.92 Å². The van der Waals surface area contributed by atoms with Gasteiger partial charge in [0.25, 0.3) is 0 Å². The molecule has 6 heteroatoms. The van der Waals surface area contributed by atoms with Crippen LogP contribution in [0.5, 0.6) is 11.5 Å². The smallest absolute Gasteiger partial charge is 0.416 e. The number of aryl methyl sites for hydroxylation is 1. The fraction of sp³-hybridized carbons (Fsp3) is 0.214. The van der Waals surface area contributed by atoms with Gasteiger partial charge in [-0.05, 0) is 36.8 Å². The Morgan fingerprint density at radius 2 is 1.85 bits per heavy atom. The maximum absolute atomic E-state index is 12.9. The highest BCUT2D eigenvalue weighted by atomic mass is 19.4. The van der Waals surface area contributed by atoms with Crippen molar-refractivity contribution in [2.45, 2.75) is 19.6 Å². The summed E-state index contributed by atoms with van der Waals surface area (Å²) in [5, 5.41) is 0. The van der Waals surface area contributed by atoms with E-state index in [-0.39, 0.29) is 17.9 Å². The highest BCUT2D eigenvalue weighted by Gasteiger charge is 2.33. The average molecular weight is 282 g/mol. The maximum atomic E-state index is 12.9. The summed E-state index contributed by atoms with van der Waals surface area (Å²) in [7, 11) is 0. The largest absolute Gasteiger partial charge is 0.456 e. The van der Waals surface area contributed by atoms with Crippen molar-refractivity contribution in [2.24, 2.45) is 5.73 Å². The number of benzene rings is 1. The molecule has 0 unspecified atom stereocenters. The summed E-state index contributed by atoms with van der Waals surface area (Å²) in [6.07, 6.45) is -3.00. The monoisotopic (exact) mass is 282 g/mol. The van der Waals surface area contributed by atoms with Gasteiger partial charge in [-0.2, -0.15) is 13.2 Å². The molecule has 0 aliphatic heterocycles. The lowest BCUT2D eigenvalue weighted by Gasteiger charge is -2.14. The molecule has 0 saturated carbocycles. The van der Waals surface area contributed by atoms with E-state index < -0.39 is 11.7 Å². The molecule has 2 rings (SSSR count). The third kappa shape index (κ3) is 3.27. The van der Waals surface area contributed by atoms with Crippen LogP contribution in [0.1, 0.15) is 16.8 Å². The van der Waals surface area contributed by atoms with Crippen LogP contribution in [-0.4, -0.2) is 4.98 Å². The quantitative estimate of drug-likeness (QED) is 0.934. The first-order chi connectivity index (χ1) is 9.40. The van der Waals surface area contributed by atoms with E-state index in [1.54, 1.807) is 12.1 Å². The summed E-state index contributed by atoms with van der Waals surface area (Å²) in [5.41, 5.74) is 5.37. The molecule has 0 amide bonds. The minimum Gasteiger partial charge on any atom is -0.456 e. The zero-order valence-electron chi connectivity index (χ0n) is 10.7. The van der Waals surface area contributed by atoms with Crippen molar-refractivity contribution in [3.63, 3.8) is 0 Å². The third-order valence-corrected chi connectivity index (χ3v) is 2.73. The highest BCUT2D eigenvalue weighted by Crippen LogP contribution is 2.35. The van der Waals surface area contributed by atoms with Gasteiger partial charge >= 0.3 is 6.18 Å². The van der Waals surface area contributed by atoms with E-state index >= 15 is 0 Å². The number of hydrogen-bond donors (Lipinski definition) is 1. The van der Waals surface area contributed by atoms with Gasteiger partial charge < -0.3 is 10.5 Å². The zero-order valence-corrected chi connectivity index (χ0v) is 10.7. The van der Waals surface area contributed by atoms with Crippen LogP contribution < -0.4 is 10.5 Å². The Morgan fingerprint density at radius 3 is 2.40 bits per heavy atom. The van der Waals surface area contributed by atoms with E-state index in [2.05, 4.69) is 4.98 Å². The van der Waals surface area contributed by atoms with Crippen LogP contribution in [0.25, 0.3) is 0 Å². The van der Waals surface area contributed by atoms with E-state index in [9.17, 15) is 13.2 Å². The van der Waals surface area contributed by atoms with Crippen LogP contribution in [0.2, 0.25) is 0 Å². The fourth-order valence-corrected chi connectivity index (χ4v) is 1.71. The Kier molecular flexibility index (Phi) is 3.94. The van der Waals surface area contributed by atoms with Crippen molar-refractivity contribution in [1.82, 2.24) is 4.98 Å². The van der Waals surface area contributed by atoms with Gasteiger partial charge in [0, 0.05) is 12.2 Å². The summed E-state index contributed by atoms with van der Waals surface area (Å²) in [4.78, 5) is 4.01. The topological polar surface area (TPSA) is 48.1 Å². The van der Waals surface area contributed by atoms with Crippen LogP contribution >= 0.6 is 0 Å². The Bertz CT molecular complexity index is 594. The number of hydrogen-bond acceptors (Lipinski definition) is 3. The van der Waals surface area contributed by atoms with Crippen molar-refractivity contribution in [3.05, 3.63) is 53.3 Å². The summed E-state index contributed by atoms with van der Waals surface area (Å²) in [5.74, 6) is 0.476. The second kappa shape index (κ2) is 5.50. The van der Waals surface area contributed by atoms with E-state index in [1.807, 2.05) is 6.92 Å². The molecule has 3 nitrogen and oxygen atoms in total. The molecule has 0 atom stereocenters. The van der Waals surface area contributed by atoms with Crippen molar-refractivity contribution in [3.8, 4) is 11.5 Å². The lowest BCUT2D eigenvalue weighted by Crippen LogP contribution is -2.12. The SMILES string of the molecule is Cc1ccc(Oc2ccc(CN)c(C(F)(F)F)c2)cn1. The van der Waals surface area contributed by atoms with Gasteiger partial charge in [0.1, 0.15) is 11.5 Å². The lowest BCUT2D eigenvalue weighted by molar-refractivity contribution is -0.138. The van der Waals surface area contributed by atoms with Crippen molar-refractivity contribution in [2.75, 3.05) is 0 Å². The number of rotatable bonds is 3. The summed E-state index contributed by atoms with van der Waals surface area (Å²) < 4.78 is 44.0. The number of nitrogens with zero attached hydrogens (tertiary/aromatic N) is 1.